The fourth-order valence-corrected chi connectivity index (χ4v) is 3.73. The van der Waals surface area contributed by atoms with Crippen LogP contribution in [0.1, 0.15) is 5.56 Å². The number of anilines is 1. The molecule has 0 saturated heterocycles. The van der Waals surface area contributed by atoms with E-state index in [4.69, 9.17) is 0 Å². The van der Waals surface area contributed by atoms with Crippen molar-refractivity contribution in [1.82, 2.24) is 10.2 Å². The van der Waals surface area contributed by atoms with Crippen LogP contribution in [0.5, 0.6) is 0 Å². The van der Waals surface area contributed by atoms with E-state index >= 15 is 0 Å². The average molecular weight is 334 g/mol. The van der Waals surface area contributed by atoms with Crippen molar-refractivity contribution in [2.24, 2.45) is 0 Å². The molecule has 0 atom stereocenters. The topological polar surface area (TPSA) is 72.0 Å². The number of benzene rings is 1. The molecule has 0 fully saturated rings. The maximum Gasteiger partial charge on any atom is 0.264 e. The number of sulfonamides is 1. The summed E-state index contributed by atoms with van der Waals surface area (Å²) in [6, 6.07) is 5.08. The van der Waals surface area contributed by atoms with Gasteiger partial charge >= 0.3 is 0 Å². The number of hydrogen-bond acceptors (Lipinski definition) is 5. The molecule has 17 heavy (non-hydrogen) atoms. The lowest BCUT2D eigenvalue weighted by Gasteiger charge is -2.08. The summed E-state index contributed by atoms with van der Waals surface area (Å²) >= 11 is 4.38. The molecule has 0 radical (unpaired) electrons. The summed E-state index contributed by atoms with van der Waals surface area (Å²) in [5.74, 6) is 0. The van der Waals surface area contributed by atoms with E-state index in [0.29, 0.717) is 10.0 Å². The molecule has 0 bridgehead atoms. The Labute approximate surface area is 111 Å². The third-order valence-electron chi connectivity index (χ3n) is 2.02. The van der Waals surface area contributed by atoms with E-state index in [1.807, 2.05) is 0 Å². The zero-order valence-corrected chi connectivity index (χ0v) is 11.9. The molecule has 1 N–H and O–H groups in total. The van der Waals surface area contributed by atoms with E-state index in [0.717, 1.165) is 11.3 Å². The van der Waals surface area contributed by atoms with Crippen molar-refractivity contribution in [2.45, 2.75) is 11.8 Å². The number of aromatic nitrogens is 2. The van der Waals surface area contributed by atoms with Gasteiger partial charge in [0.2, 0.25) is 5.13 Å². The molecule has 0 unspecified atom stereocenters. The standard InChI is InChI=1S/C9H8BrN3O2S2/c1-6-2-3-7(10)4-8(6)17(14,15)13-9-12-11-5-16-9/h2-5H,1H3,(H,12,13). The number of nitrogens with one attached hydrogen (secondary N) is 1. The van der Waals surface area contributed by atoms with Gasteiger partial charge in [0.25, 0.3) is 10.0 Å². The largest absolute Gasteiger partial charge is 0.264 e. The van der Waals surface area contributed by atoms with Crippen molar-refractivity contribution in [1.29, 1.82) is 0 Å². The molecule has 0 aliphatic rings. The Balaban J connectivity index is 2.41. The van der Waals surface area contributed by atoms with Crippen LogP contribution in [0, 0.1) is 6.92 Å². The Hall–Kier alpha value is -0.990. The van der Waals surface area contributed by atoms with Gasteiger partial charge in [-0.25, -0.2) is 8.42 Å². The highest BCUT2D eigenvalue weighted by Gasteiger charge is 2.18. The van der Waals surface area contributed by atoms with Crippen LogP contribution >= 0.6 is 27.3 Å². The van der Waals surface area contributed by atoms with Crippen LogP contribution in [0.2, 0.25) is 0 Å². The highest BCUT2D eigenvalue weighted by atomic mass is 79.9. The van der Waals surface area contributed by atoms with Gasteiger partial charge in [0.05, 0.1) is 4.90 Å². The first-order valence-corrected chi connectivity index (χ1v) is 7.70. The molecule has 0 spiro atoms. The molecule has 2 aromatic rings. The second kappa shape index (κ2) is 4.71. The molecule has 0 saturated carbocycles. The molecule has 1 aromatic heterocycles. The summed E-state index contributed by atoms with van der Waals surface area (Å²) in [4.78, 5) is 0.224. The van der Waals surface area contributed by atoms with Crippen molar-refractivity contribution in [2.75, 3.05) is 4.72 Å². The van der Waals surface area contributed by atoms with Gasteiger partial charge in [0.15, 0.2) is 0 Å². The van der Waals surface area contributed by atoms with Gasteiger partial charge in [-0.2, -0.15) is 0 Å². The van der Waals surface area contributed by atoms with Crippen LogP contribution in [0.4, 0.5) is 5.13 Å². The molecular weight excluding hydrogens is 326 g/mol. The minimum atomic E-state index is -3.61. The van der Waals surface area contributed by atoms with Gasteiger partial charge in [-0.1, -0.05) is 33.3 Å². The molecule has 8 heteroatoms. The predicted molar refractivity (Wildman–Crippen MR) is 69.6 cm³/mol. The van der Waals surface area contributed by atoms with Crippen molar-refractivity contribution in [3.05, 3.63) is 33.7 Å². The molecule has 1 heterocycles. The lowest BCUT2D eigenvalue weighted by Crippen LogP contribution is -2.14. The number of halogens is 1. The lowest BCUT2D eigenvalue weighted by atomic mass is 10.2. The molecule has 1 aromatic carbocycles. The molecular formula is C9H8BrN3O2S2. The van der Waals surface area contributed by atoms with Crippen LogP contribution in [0.25, 0.3) is 0 Å². The van der Waals surface area contributed by atoms with E-state index in [2.05, 4.69) is 30.8 Å². The highest BCUT2D eigenvalue weighted by molar-refractivity contribution is 9.10. The summed E-state index contributed by atoms with van der Waals surface area (Å²) in [6.07, 6.45) is 0. The first kappa shape index (κ1) is 12.5. The van der Waals surface area contributed by atoms with Crippen molar-refractivity contribution >= 4 is 42.4 Å². The van der Waals surface area contributed by atoms with E-state index in [1.54, 1.807) is 25.1 Å². The second-order valence-electron chi connectivity index (χ2n) is 3.26. The van der Waals surface area contributed by atoms with Crippen LogP contribution in [0.15, 0.2) is 33.1 Å². The molecule has 0 aliphatic carbocycles. The second-order valence-corrected chi connectivity index (χ2v) is 6.66. The van der Waals surface area contributed by atoms with Gasteiger partial charge < -0.3 is 0 Å². The smallest absolute Gasteiger partial charge is 0.253 e. The number of hydrogen-bond donors (Lipinski definition) is 1. The van der Waals surface area contributed by atoms with E-state index in [9.17, 15) is 8.42 Å². The molecule has 90 valence electrons. The van der Waals surface area contributed by atoms with Crippen LogP contribution in [-0.4, -0.2) is 18.6 Å². The van der Waals surface area contributed by atoms with Gasteiger partial charge in [-0.05, 0) is 24.6 Å². The minimum absolute atomic E-state index is 0.224. The van der Waals surface area contributed by atoms with Crippen LogP contribution in [0.3, 0.4) is 0 Å². The zero-order chi connectivity index (χ0) is 12.5. The minimum Gasteiger partial charge on any atom is -0.253 e. The first-order chi connectivity index (χ1) is 7.99. The Morgan fingerprint density at radius 2 is 2.18 bits per heavy atom. The van der Waals surface area contributed by atoms with Gasteiger partial charge in [-0.3, -0.25) is 4.72 Å². The summed E-state index contributed by atoms with van der Waals surface area (Å²) in [6.45, 7) is 1.74. The fourth-order valence-electron chi connectivity index (χ4n) is 1.25. The maximum absolute atomic E-state index is 12.1. The average Bonchev–Trinajstić information content (AvgIpc) is 2.73. The Morgan fingerprint density at radius 1 is 1.41 bits per heavy atom. The van der Waals surface area contributed by atoms with Crippen molar-refractivity contribution < 1.29 is 8.42 Å². The summed E-state index contributed by atoms with van der Waals surface area (Å²) in [5, 5.41) is 7.47. The van der Waals surface area contributed by atoms with Gasteiger partial charge in [0.1, 0.15) is 5.51 Å². The van der Waals surface area contributed by atoms with Gasteiger partial charge in [-0.15, -0.1) is 10.2 Å². The quantitative estimate of drug-likeness (QED) is 0.936. The van der Waals surface area contributed by atoms with Crippen molar-refractivity contribution in [3.63, 3.8) is 0 Å². The highest BCUT2D eigenvalue weighted by Crippen LogP contribution is 2.23. The Kier molecular flexibility index (Phi) is 3.45. The molecule has 0 aliphatic heterocycles. The van der Waals surface area contributed by atoms with Crippen LogP contribution in [-0.2, 0) is 10.0 Å². The van der Waals surface area contributed by atoms with Crippen molar-refractivity contribution in [3.8, 4) is 0 Å². The third-order valence-corrected chi connectivity index (χ3v) is 4.73. The number of aryl methyl sites for hydroxylation is 1. The van der Waals surface area contributed by atoms with E-state index in [1.165, 1.54) is 5.51 Å². The monoisotopic (exact) mass is 333 g/mol. The molecule has 2 rings (SSSR count). The third kappa shape index (κ3) is 2.82. The summed E-state index contributed by atoms with van der Waals surface area (Å²) in [7, 11) is -3.61. The normalized spacial score (nSPS) is 11.4. The van der Waals surface area contributed by atoms with Crippen LogP contribution < -0.4 is 4.72 Å². The molecule has 5 nitrogen and oxygen atoms in total. The SMILES string of the molecule is Cc1ccc(Br)cc1S(=O)(=O)Nc1nncs1. The first-order valence-electron chi connectivity index (χ1n) is 4.54. The number of rotatable bonds is 3. The Morgan fingerprint density at radius 3 is 2.82 bits per heavy atom. The van der Waals surface area contributed by atoms with E-state index < -0.39 is 10.0 Å². The van der Waals surface area contributed by atoms with E-state index in [-0.39, 0.29) is 10.0 Å². The maximum atomic E-state index is 12.1. The predicted octanol–water partition coefficient (Wildman–Crippen LogP) is 2.41. The zero-order valence-electron chi connectivity index (χ0n) is 8.71. The lowest BCUT2D eigenvalue weighted by molar-refractivity contribution is 0.600. The summed E-state index contributed by atoms with van der Waals surface area (Å²) < 4.78 is 27.2. The fraction of sp³-hybridized carbons (Fsp3) is 0.111. The molecule has 0 amide bonds. The Bertz CT molecular complexity index is 626. The summed E-state index contributed by atoms with van der Waals surface area (Å²) in [5.41, 5.74) is 2.14. The van der Waals surface area contributed by atoms with Gasteiger partial charge in [0, 0.05) is 4.47 Å². The number of nitrogens with zero attached hydrogens (tertiary/aromatic N) is 2.